The fourth-order valence-electron chi connectivity index (χ4n) is 6.33. The van der Waals surface area contributed by atoms with Crippen molar-refractivity contribution in [3.8, 4) is 0 Å². The number of fused-ring (bicyclic) bond motifs is 2. The second-order valence-corrected chi connectivity index (χ2v) is 12.1. The van der Waals surface area contributed by atoms with E-state index >= 15 is 0 Å². The van der Waals surface area contributed by atoms with Crippen molar-refractivity contribution in [2.24, 2.45) is 0 Å². The fourth-order valence-corrected chi connectivity index (χ4v) is 10.2. The predicted octanol–water partition coefficient (Wildman–Crippen LogP) is 7.05. The first-order valence-corrected chi connectivity index (χ1v) is 12.8. The molecule has 0 aromatic rings. The first-order valence-electron chi connectivity index (χ1n) is 11.0. The molecule has 2 bridgehead atoms. The Hall–Kier alpha value is 0.255. The lowest BCUT2D eigenvalue weighted by Crippen LogP contribution is -2.39. The molecule has 0 spiro atoms. The Kier molecular flexibility index (Phi) is 5.79. The zero-order valence-corrected chi connectivity index (χ0v) is 16.4. The Bertz CT molecular complexity index is 413. The monoisotopic (exact) mass is 350 g/mol. The molecule has 0 atom stereocenters. The standard InChI is InChI=1S/C20H36BO2P/c22-24(19-13-3-1-4-14-19,20-15-5-2-6-16-20)23-21-17-9-7-10-18(21)12-8-11-17/h17-20H,1-16H2. The highest BCUT2D eigenvalue weighted by molar-refractivity contribution is 7.61. The third kappa shape index (κ3) is 3.55. The zero-order valence-electron chi connectivity index (χ0n) is 15.5. The van der Waals surface area contributed by atoms with Crippen LogP contribution in [0.5, 0.6) is 0 Å². The van der Waals surface area contributed by atoms with Gasteiger partial charge in [-0.05, 0) is 37.3 Å². The van der Waals surface area contributed by atoms with E-state index in [2.05, 4.69) is 0 Å². The van der Waals surface area contributed by atoms with Crippen LogP contribution in [-0.2, 0) is 9.01 Å². The van der Waals surface area contributed by atoms with E-state index < -0.39 is 7.37 Å². The molecular weight excluding hydrogens is 314 g/mol. The van der Waals surface area contributed by atoms with Gasteiger partial charge in [0.15, 0.2) is 7.37 Å². The van der Waals surface area contributed by atoms with Crippen LogP contribution in [0.3, 0.4) is 0 Å². The molecule has 0 radical (unpaired) electrons. The Morgan fingerprint density at radius 2 is 1.00 bits per heavy atom. The minimum absolute atomic E-state index is 0.349. The van der Waals surface area contributed by atoms with Gasteiger partial charge in [-0.2, -0.15) is 0 Å². The second-order valence-electron chi connectivity index (χ2n) is 9.18. The van der Waals surface area contributed by atoms with Crippen molar-refractivity contribution >= 4 is 14.3 Å². The zero-order chi connectivity index (χ0) is 16.4. The van der Waals surface area contributed by atoms with Gasteiger partial charge in [-0.15, -0.1) is 0 Å². The summed E-state index contributed by atoms with van der Waals surface area (Å²) in [5.41, 5.74) is 0.800. The minimum Gasteiger partial charge on any atom is -0.388 e. The van der Waals surface area contributed by atoms with Gasteiger partial charge in [0.2, 0.25) is 0 Å². The molecule has 2 nitrogen and oxygen atoms in total. The van der Waals surface area contributed by atoms with Crippen LogP contribution < -0.4 is 0 Å². The summed E-state index contributed by atoms with van der Waals surface area (Å²) >= 11 is 0. The molecule has 136 valence electrons. The topological polar surface area (TPSA) is 26.3 Å². The van der Waals surface area contributed by atoms with Gasteiger partial charge < -0.3 is 4.44 Å². The van der Waals surface area contributed by atoms with Gasteiger partial charge >= 0.3 is 6.92 Å². The van der Waals surface area contributed by atoms with Crippen LogP contribution >= 0.6 is 7.37 Å². The summed E-state index contributed by atoms with van der Waals surface area (Å²) in [5, 5.41) is 0. The minimum atomic E-state index is -2.49. The number of rotatable bonds is 4. The highest BCUT2D eigenvalue weighted by Crippen LogP contribution is 2.66. The molecule has 2 aliphatic carbocycles. The molecule has 2 saturated heterocycles. The van der Waals surface area contributed by atoms with Crippen molar-refractivity contribution in [1.29, 1.82) is 0 Å². The summed E-state index contributed by atoms with van der Waals surface area (Å²) in [4.78, 5) is 0. The van der Waals surface area contributed by atoms with Gasteiger partial charge in [0.1, 0.15) is 0 Å². The third-order valence-electron chi connectivity index (χ3n) is 7.68. The SMILES string of the molecule is O=P(OB1C2CCCC1CCC2)(C1CCCCC1)C1CCCCC1. The lowest BCUT2D eigenvalue weighted by atomic mass is 9.38. The Morgan fingerprint density at radius 1 is 0.583 bits per heavy atom. The molecule has 4 aliphatic rings. The third-order valence-corrected chi connectivity index (χ3v) is 11.3. The van der Waals surface area contributed by atoms with E-state index in [1.54, 1.807) is 0 Å². The maximum atomic E-state index is 14.4. The lowest BCUT2D eigenvalue weighted by molar-refractivity contribution is 0.350. The summed E-state index contributed by atoms with van der Waals surface area (Å²) in [6.45, 7) is 0.349. The molecule has 2 heterocycles. The molecule has 2 saturated carbocycles. The van der Waals surface area contributed by atoms with Gasteiger partial charge in [0.25, 0.3) is 0 Å². The smallest absolute Gasteiger partial charge is 0.307 e. The molecule has 24 heavy (non-hydrogen) atoms. The van der Waals surface area contributed by atoms with E-state index in [9.17, 15) is 4.57 Å². The highest BCUT2D eigenvalue weighted by Gasteiger charge is 2.49. The van der Waals surface area contributed by atoms with E-state index in [0.717, 1.165) is 11.6 Å². The van der Waals surface area contributed by atoms with E-state index in [4.69, 9.17) is 4.44 Å². The number of hydrogen-bond donors (Lipinski definition) is 0. The van der Waals surface area contributed by atoms with Gasteiger partial charge in [0.05, 0.1) is 0 Å². The average Bonchev–Trinajstić information content (AvgIpc) is 2.63. The van der Waals surface area contributed by atoms with Crippen molar-refractivity contribution in [1.82, 2.24) is 0 Å². The van der Waals surface area contributed by atoms with Gasteiger partial charge in [0, 0.05) is 11.3 Å². The van der Waals surface area contributed by atoms with Crippen molar-refractivity contribution in [2.45, 2.75) is 126 Å². The van der Waals surface area contributed by atoms with E-state index in [1.165, 1.54) is 103 Å². The maximum Gasteiger partial charge on any atom is 0.307 e. The second kappa shape index (κ2) is 7.87. The molecule has 0 aromatic carbocycles. The van der Waals surface area contributed by atoms with Crippen LogP contribution in [-0.4, -0.2) is 18.2 Å². The molecule has 0 aromatic heterocycles. The molecule has 4 rings (SSSR count). The van der Waals surface area contributed by atoms with Crippen molar-refractivity contribution < 1.29 is 9.01 Å². The Labute approximate surface area is 149 Å². The summed E-state index contributed by atoms with van der Waals surface area (Å²) in [6, 6.07) is 0. The molecule has 2 aliphatic heterocycles. The lowest BCUT2D eigenvalue weighted by Gasteiger charge is -2.45. The molecule has 0 N–H and O–H groups in total. The summed E-state index contributed by atoms with van der Waals surface area (Å²) < 4.78 is 21.3. The van der Waals surface area contributed by atoms with Crippen molar-refractivity contribution in [2.75, 3.05) is 0 Å². The van der Waals surface area contributed by atoms with Gasteiger partial charge in [-0.3, -0.25) is 4.57 Å². The molecule has 0 amide bonds. The normalized spacial score (nSPS) is 33.6. The van der Waals surface area contributed by atoms with Gasteiger partial charge in [-0.25, -0.2) is 0 Å². The van der Waals surface area contributed by atoms with Crippen LogP contribution in [0.4, 0.5) is 0 Å². The first kappa shape index (κ1) is 17.7. The fraction of sp³-hybridized carbons (Fsp3) is 1.00. The van der Waals surface area contributed by atoms with Crippen LogP contribution in [0.1, 0.15) is 103 Å². The van der Waals surface area contributed by atoms with Crippen LogP contribution in [0, 0.1) is 0 Å². The molecule has 4 fully saturated rings. The quantitative estimate of drug-likeness (QED) is 0.401. The predicted molar refractivity (Wildman–Crippen MR) is 103 cm³/mol. The first-order chi connectivity index (χ1) is 11.8. The molecule has 0 unspecified atom stereocenters. The van der Waals surface area contributed by atoms with E-state index in [0.29, 0.717) is 18.2 Å². The highest BCUT2D eigenvalue weighted by atomic mass is 31.2. The van der Waals surface area contributed by atoms with Crippen LogP contribution in [0.2, 0.25) is 11.6 Å². The van der Waals surface area contributed by atoms with Gasteiger partial charge in [-0.1, -0.05) is 77.0 Å². The Balaban J connectivity index is 1.56. The Morgan fingerprint density at radius 3 is 1.42 bits per heavy atom. The maximum absolute atomic E-state index is 14.4. The average molecular weight is 350 g/mol. The molecular formula is C20H36BO2P. The number of hydrogen-bond acceptors (Lipinski definition) is 2. The summed E-state index contributed by atoms with van der Waals surface area (Å²) in [7, 11) is -2.49. The van der Waals surface area contributed by atoms with Crippen molar-refractivity contribution in [3.63, 3.8) is 0 Å². The van der Waals surface area contributed by atoms with E-state index in [1.807, 2.05) is 0 Å². The van der Waals surface area contributed by atoms with Crippen molar-refractivity contribution in [3.05, 3.63) is 0 Å². The van der Waals surface area contributed by atoms with Crippen LogP contribution in [0.15, 0.2) is 0 Å². The summed E-state index contributed by atoms with van der Waals surface area (Å²) in [5.74, 6) is 1.44. The van der Waals surface area contributed by atoms with E-state index in [-0.39, 0.29) is 0 Å². The van der Waals surface area contributed by atoms with Crippen LogP contribution in [0.25, 0.3) is 0 Å². The summed E-state index contributed by atoms with van der Waals surface area (Å²) in [6.07, 6.45) is 20.6. The largest absolute Gasteiger partial charge is 0.388 e. The molecule has 4 heteroatoms.